The third-order valence-corrected chi connectivity index (χ3v) is 12.1. The Labute approximate surface area is 328 Å². The second kappa shape index (κ2) is 12.7. The molecule has 0 spiro atoms. The summed E-state index contributed by atoms with van der Waals surface area (Å²) in [5, 5.41) is 10.2. The van der Waals surface area contributed by atoms with Crippen LogP contribution in [0.15, 0.2) is 188 Å². The fraction of sp³-hybridized carbons (Fsp3) is 0.0943. The molecule has 2 atom stereocenters. The van der Waals surface area contributed by atoms with E-state index < -0.39 is 0 Å². The van der Waals surface area contributed by atoms with Gasteiger partial charge in [0.1, 0.15) is 17.7 Å². The standard InChI is InChI=1S/C53H40N2O/c1-53(2)45-32-39(28-29-42(45)47-44(34-14-5-3-6-15-34)31-40-18-9-10-21-41(40)48(47)53)38-20-13-19-37(30-38)33-24-26-36(27-25-33)52-54-49(35-16-7-4-8-17-35)51-50(55-52)43-22-11-12-23-46(43)56-51/h3-32,50,52,54-55H,1-2H3. The van der Waals surface area contributed by atoms with E-state index in [9.17, 15) is 0 Å². The van der Waals surface area contributed by atoms with E-state index >= 15 is 0 Å². The van der Waals surface area contributed by atoms with Crippen molar-refractivity contribution in [2.24, 2.45) is 0 Å². The van der Waals surface area contributed by atoms with E-state index in [4.69, 9.17) is 4.74 Å². The van der Waals surface area contributed by atoms with Crippen LogP contribution in [0, 0.1) is 0 Å². The number of nitrogens with one attached hydrogen (secondary N) is 2. The number of rotatable bonds is 5. The van der Waals surface area contributed by atoms with Gasteiger partial charge < -0.3 is 10.1 Å². The van der Waals surface area contributed by atoms with Crippen LogP contribution in [-0.2, 0) is 5.41 Å². The third-order valence-electron chi connectivity index (χ3n) is 12.1. The van der Waals surface area contributed by atoms with Crippen molar-refractivity contribution in [3.05, 3.63) is 216 Å². The van der Waals surface area contributed by atoms with Gasteiger partial charge >= 0.3 is 0 Å². The normalized spacial score (nSPS) is 17.4. The highest BCUT2D eigenvalue weighted by molar-refractivity contribution is 6.05. The number of para-hydroxylation sites is 1. The van der Waals surface area contributed by atoms with Gasteiger partial charge in [-0.1, -0.05) is 172 Å². The Bertz CT molecular complexity index is 2850. The summed E-state index contributed by atoms with van der Waals surface area (Å²) < 4.78 is 6.43. The summed E-state index contributed by atoms with van der Waals surface area (Å²) >= 11 is 0. The lowest BCUT2D eigenvalue weighted by atomic mass is 9.78. The van der Waals surface area contributed by atoms with Gasteiger partial charge in [-0.15, -0.1) is 0 Å². The van der Waals surface area contributed by atoms with E-state index in [-0.39, 0.29) is 17.6 Å². The number of benzene rings is 8. The summed E-state index contributed by atoms with van der Waals surface area (Å²) in [5.41, 5.74) is 17.2. The Balaban J connectivity index is 0.926. The topological polar surface area (TPSA) is 33.3 Å². The van der Waals surface area contributed by atoms with Crippen LogP contribution >= 0.6 is 0 Å². The van der Waals surface area contributed by atoms with Gasteiger partial charge in [-0.25, -0.2) is 0 Å². The molecule has 2 N–H and O–H groups in total. The number of fused-ring (bicyclic) bond motifs is 8. The molecule has 3 aliphatic rings. The van der Waals surface area contributed by atoms with E-state index in [0.717, 1.165) is 22.8 Å². The highest BCUT2D eigenvalue weighted by atomic mass is 16.5. The Morgan fingerprint density at radius 1 is 0.518 bits per heavy atom. The zero-order valence-electron chi connectivity index (χ0n) is 31.4. The van der Waals surface area contributed by atoms with Crippen molar-refractivity contribution in [2.45, 2.75) is 31.5 Å². The number of ether oxygens (including phenoxy) is 1. The van der Waals surface area contributed by atoms with E-state index in [0.29, 0.717) is 0 Å². The molecule has 8 aromatic carbocycles. The summed E-state index contributed by atoms with van der Waals surface area (Å²) in [5.74, 6) is 1.83. The van der Waals surface area contributed by atoms with Gasteiger partial charge in [0.05, 0.1) is 11.7 Å². The quantitative estimate of drug-likeness (QED) is 0.186. The molecule has 2 unspecified atom stereocenters. The van der Waals surface area contributed by atoms with Crippen molar-refractivity contribution in [1.29, 1.82) is 0 Å². The van der Waals surface area contributed by atoms with Gasteiger partial charge in [-0.05, 0) is 96.2 Å². The first-order valence-electron chi connectivity index (χ1n) is 19.6. The summed E-state index contributed by atoms with van der Waals surface area (Å²) in [6.45, 7) is 4.79. The van der Waals surface area contributed by atoms with Crippen LogP contribution in [0.5, 0.6) is 5.75 Å². The molecule has 0 bridgehead atoms. The first-order valence-corrected chi connectivity index (χ1v) is 19.6. The maximum Gasteiger partial charge on any atom is 0.149 e. The summed E-state index contributed by atoms with van der Waals surface area (Å²) in [7, 11) is 0. The van der Waals surface area contributed by atoms with Crippen LogP contribution in [0.25, 0.3) is 61.0 Å². The Morgan fingerprint density at radius 2 is 1.16 bits per heavy atom. The first kappa shape index (κ1) is 32.7. The van der Waals surface area contributed by atoms with Gasteiger partial charge in [-0.2, -0.15) is 0 Å². The van der Waals surface area contributed by atoms with Crippen LogP contribution in [0.4, 0.5) is 0 Å². The second-order valence-corrected chi connectivity index (χ2v) is 15.8. The fourth-order valence-corrected chi connectivity index (χ4v) is 9.39. The molecule has 11 rings (SSSR count). The zero-order chi connectivity index (χ0) is 37.4. The van der Waals surface area contributed by atoms with Crippen LogP contribution in [0.3, 0.4) is 0 Å². The average Bonchev–Trinajstić information content (AvgIpc) is 3.75. The van der Waals surface area contributed by atoms with Crippen LogP contribution in [0.1, 0.15) is 53.9 Å². The molecule has 0 saturated heterocycles. The van der Waals surface area contributed by atoms with Crippen LogP contribution in [0.2, 0.25) is 0 Å². The van der Waals surface area contributed by atoms with Gasteiger partial charge in [0.25, 0.3) is 0 Å². The Kier molecular flexibility index (Phi) is 7.42. The van der Waals surface area contributed by atoms with Crippen molar-refractivity contribution in [3.63, 3.8) is 0 Å². The SMILES string of the molecule is CC1(C)c2cc(-c3cccc(-c4ccc(C5NC(c6ccccc6)=C6Oc7ccccc7C6N5)cc4)c3)ccc2-c2c(-c3ccccc3)cc3ccccc3c21. The van der Waals surface area contributed by atoms with E-state index in [1.54, 1.807) is 0 Å². The van der Waals surface area contributed by atoms with Gasteiger partial charge in [0.2, 0.25) is 0 Å². The van der Waals surface area contributed by atoms with Crippen molar-refractivity contribution in [2.75, 3.05) is 0 Å². The minimum Gasteiger partial charge on any atom is -0.457 e. The lowest BCUT2D eigenvalue weighted by molar-refractivity contribution is 0.348. The Hall–Kier alpha value is -6.68. The molecule has 8 aromatic rings. The maximum atomic E-state index is 6.43. The monoisotopic (exact) mass is 720 g/mol. The molecule has 3 nitrogen and oxygen atoms in total. The van der Waals surface area contributed by atoms with Gasteiger partial charge in [0.15, 0.2) is 0 Å². The van der Waals surface area contributed by atoms with Crippen LogP contribution in [-0.4, -0.2) is 0 Å². The minimum absolute atomic E-state index is 0.0299. The lowest BCUT2D eigenvalue weighted by Gasteiger charge is -2.33. The number of hydrogen-bond acceptors (Lipinski definition) is 3. The predicted molar refractivity (Wildman–Crippen MR) is 230 cm³/mol. The van der Waals surface area contributed by atoms with Crippen LogP contribution < -0.4 is 15.4 Å². The summed E-state index contributed by atoms with van der Waals surface area (Å²) in [4.78, 5) is 0. The molecule has 0 aromatic heterocycles. The lowest BCUT2D eigenvalue weighted by Crippen LogP contribution is -2.41. The number of hydrogen-bond donors (Lipinski definition) is 2. The highest BCUT2D eigenvalue weighted by Gasteiger charge is 2.40. The second-order valence-electron chi connectivity index (χ2n) is 15.8. The molecule has 2 aliphatic heterocycles. The molecular weight excluding hydrogens is 681 g/mol. The third kappa shape index (κ3) is 5.16. The largest absolute Gasteiger partial charge is 0.457 e. The zero-order valence-corrected chi connectivity index (χ0v) is 31.4. The van der Waals surface area contributed by atoms with E-state index in [2.05, 4.69) is 200 Å². The highest BCUT2D eigenvalue weighted by Crippen LogP contribution is 2.55. The molecule has 0 fully saturated rings. The summed E-state index contributed by atoms with van der Waals surface area (Å²) in [6.07, 6.45) is -0.0903. The molecule has 0 radical (unpaired) electrons. The van der Waals surface area contributed by atoms with Crippen molar-refractivity contribution < 1.29 is 4.74 Å². The molecular formula is C53H40N2O. The van der Waals surface area contributed by atoms with Crippen molar-refractivity contribution in [3.8, 4) is 50.3 Å². The molecule has 56 heavy (non-hydrogen) atoms. The molecule has 3 heteroatoms. The van der Waals surface area contributed by atoms with Gasteiger partial charge in [0, 0.05) is 16.5 Å². The minimum atomic E-state index is -0.164. The van der Waals surface area contributed by atoms with Crippen molar-refractivity contribution >= 4 is 16.5 Å². The van der Waals surface area contributed by atoms with Crippen molar-refractivity contribution in [1.82, 2.24) is 10.6 Å². The Morgan fingerprint density at radius 3 is 1.96 bits per heavy atom. The molecule has 2 heterocycles. The fourth-order valence-electron chi connectivity index (χ4n) is 9.39. The molecule has 0 amide bonds. The molecule has 0 saturated carbocycles. The molecule has 1 aliphatic carbocycles. The predicted octanol–water partition coefficient (Wildman–Crippen LogP) is 12.8. The van der Waals surface area contributed by atoms with E-state index in [1.807, 2.05) is 6.07 Å². The smallest absolute Gasteiger partial charge is 0.149 e. The van der Waals surface area contributed by atoms with E-state index in [1.165, 1.54) is 77.5 Å². The first-order chi connectivity index (χ1) is 27.5. The average molecular weight is 721 g/mol. The van der Waals surface area contributed by atoms with Gasteiger partial charge in [-0.3, -0.25) is 5.32 Å². The molecule has 268 valence electrons. The summed E-state index contributed by atoms with van der Waals surface area (Å²) in [6, 6.07) is 66.0. The maximum absolute atomic E-state index is 6.43.